The van der Waals surface area contributed by atoms with Gasteiger partial charge in [0.1, 0.15) is 11.7 Å². The first-order valence-electron chi connectivity index (χ1n) is 7.82. The van der Waals surface area contributed by atoms with E-state index in [0.717, 1.165) is 17.1 Å². The Hall–Kier alpha value is -3.48. The maximum Gasteiger partial charge on any atom is 0.270 e. The molecular formula is C18H14N4O3. The minimum absolute atomic E-state index is 0.102. The zero-order valence-electron chi connectivity index (χ0n) is 13.2. The van der Waals surface area contributed by atoms with Crippen LogP contribution in [0.15, 0.2) is 65.4 Å². The number of hydrogen-bond donors (Lipinski definition) is 1. The fourth-order valence-corrected chi connectivity index (χ4v) is 3.00. The number of allylic oxidation sites excluding steroid dienone is 1. The summed E-state index contributed by atoms with van der Waals surface area (Å²) in [6.45, 7) is 1.35. The molecule has 0 radical (unpaired) electrons. The first kappa shape index (κ1) is 15.1. The third-order valence-electron chi connectivity index (χ3n) is 4.17. The lowest BCUT2D eigenvalue weighted by atomic mass is 10.1. The van der Waals surface area contributed by atoms with Gasteiger partial charge in [0.15, 0.2) is 5.78 Å². The molecule has 0 aromatic heterocycles. The second-order valence-electron chi connectivity index (χ2n) is 5.73. The van der Waals surface area contributed by atoms with Crippen LogP contribution in [-0.4, -0.2) is 34.5 Å². The molecule has 2 aliphatic heterocycles. The maximum absolute atomic E-state index is 12.6. The van der Waals surface area contributed by atoms with Gasteiger partial charge in [-0.1, -0.05) is 24.3 Å². The van der Waals surface area contributed by atoms with Crippen molar-refractivity contribution in [3.05, 3.63) is 81.7 Å². The number of benzene rings is 2. The molecule has 25 heavy (non-hydrogen) atoms. The summed E-state index contributed by atoms with van der Waals surface area (Å²) in [7, 11) is 0. The first-order chi connectivity index (χ1) is 12.1. The largest absolute Gasteiger partial charge is 0.341 e. The molecule has 124 valence electrons. The van der Waals surface area contributed by atoms with Crippen molar-refractivity contribution in [1.82, 2.24) is 4.90 Å². The lowest BCUT2D eigenvalue weighted by molar-refractivity contribution is -0.384. The van der Waals surface area contributed by atoms with Crippen LogP contribution in [0.2, 0.25) is 0 Å². The van der Waals surface area contributed by atoms with Gasteiger partial charge in [-0.3, -0.25) is 19.9 Å². The number of fused-ring (bicyclic) bond motifs is 3. The van der Waals surface area contributed by atoms with E-state index in [1.54, 1.807) is 6.07 Å². The van der Waals surface area contributed by atoms with E-state index >= 15 is 0 Å². The van der Waals surface area contributed by atoms with Crippen LogP contribution in [0.4, 0.5) is 11.4 Å². The van der Waals surface area contributed by atoms with Crippen LogP contribution in [0.25, 0.3) is 0 Å². The number of non-ortho nitro benzene ring substituents is 1. The zero-order valence-corrected chi connectivity index (χ0v) is 13.2. The van der Waals surface area contributed by atoms with E-state index < -0.39 is 4.92 Å². The van der Waals surface area contributed by atoms with E-state index in [2.05, 4.69) is 10.3 Å². The molecule has 0 unspecified atom stereocenters. The Morgan fingerprint density at radius 2 is 2.08 bits per heavy atom. The number of nitrogens with one attached hydrogen (secondary N) is 1. The average molecular weight is 334 g/mol. The van der Waals surface area contributed by atoms with Crippen LogP contribution < -0.4 is 5.32 Å². The van der Waals surface area contributed by atoms with E-state index in [1.165, 1.54) is 24.3 Å². The number of ketones is 1. The predicted molar refractivity (Wildman–Crippen MR) is 93.7 cm³/mol. The quantitative estimate of drug-likeness (QED) is 0.403. The molecule has 0 saturated heterocycles. The normalized spacial score (nSPS) is 16.7. The minimum atomic E-state index is -0.510. The summed E-state index contributed by atoms with van der Waals surface area (Å²) in [4.78, 5) is 29.5. The number of nitro benzene ring substituents is 1. The second kappa shape index (κ2) is 5.86. The number of rotatable bonds is 3. The molecule has 0 atom stereocenters. The zero-order chi connectivity index (χ0) is 17.4. The van der Waals surface area contributed by atoms with Gasteiger partial charge >= 0.3 is 0 Å². The SMILES string of the molecule is O=C(/C=C1\Nc2ccccc2C2=NCCN21)c1cccc([N+](=O)[O-])c1. The molecule has 0 aliphatic carbocycles. The van der Waals surface area contributed by atoms with Crippen molar-refractivity contribution < 1.29 is 9.72 Å². The summed E-state index contributed by atoms with van der Waals surface area (Å²) >= 11 is 0. The molecule has 2 aromatic rings. The van der Waals surface area contributed by atoms with Crippen molar-refractivity contribution in [1.29, 1.82) is 0 Å². The number of carbonyl (C=O) groups is 1. The number of anilines is 1. The summed E-state index contributed by atoms with van der Waals surface area (Å²) in [5.74, 6) is 1.18. The van der Waals surface area contributed by atoms with E-state index in [-0.39, 0.29) is 17.0 Å². The predicted octanol–water partition coefficient (Wildman–Crippen LogP) is 2.81. The standard InChI is InChI=1S/C18H14N4O3/c23-16(12-4-3-5-13(10-12)22(24)25)11-17-20-15-7-2-1-6-14(15)18-19-8-9-21(17)18/h1-7,10-11,20H,8-9H2/b17-11+. The molecule has 1 N–H and O–H groups in total. The van der Waals surface area contributed by atoms with Crippen molar-refractivity contribution in [2.75, 3.05) is 18.4 Å². The number of nitro groups is 1. The Bertz CT molecular complexity index is 949. The highest BCUT2D eigenvalue weighted by Crippen LogP contribution is 2.29. The van der Waals surface area contributed by atoms with Crippen LogP contribution in [-0.2, 0) is 0 Å². The molecule has 0 fully saturated rings. The van der Waals surface area contributed by atoms with Gasteiger partial charge < -0.3 is 10.2 Å². The summed E-state index contributed by atoms with van der Waals surface area (Å²) < 4.78 is 0. The number of nitrogens with zero attached hydrogens (tertiary/aromatic N) is 3. The first-order valence-corrected chi connectivity index (χ1v) is 7.82. The van der Waals surface area contributed by atoms with Crippen LogP contribution in [0.5, 0.6) is 0 Å². The Kier molecular flexibility index (Phi) is 3.53. The third kappa shape index (κ3) is 2.65. The molecular weight excluding hydrogens is 320 g/mol. The summed E-state index contributed by atoms with van der Waals surface area (Å²) in [5, 5.41) is 14.2. The van der Waals surface area contributed by atoms with Gasteiger partial charge in [-0.05, 0) is 12.1 Å². The van der Waals surface area contributed by atoms with E-state index in [4.69, 9.17) is 0 Å². The Labute approximate surface area is 143 Å². The highest BCUT2D eigenvalue weighted by atomic mass is 16.6. The average Bonchev–Trinajstić information content (AvgIpc) is 3.12. The van der Waals surface area contributed by atoms with E-state index in [1.807, 2.05) is 29.2 Å². The highest BCUT2D eigenvalue weighted by Gasteiger charge is 2.29. The second-order valence-corrected chi connectivity index (χ2v) is 5.73. The monoisotopic (exact) mass is 334 g/mol. The summed E-state index contributed by atoms with van der Waals surface area (Å²) in [6.07, 6.45) is 1.47. The smallest absolute Gasteiger partial charge is 0.270 e. The molecule has 0 spiro atoms. The molecule has 2 aliphatic rings. The molecule has 2 heterocycles. The number of carbonyl (C=O) groups excluding carboxylic acids is 1. The van der Waals surface area contributed by atoms with Crippen molar-refractivity contribution in [3.63, 3.8) is 0 Å². The number of aliphatic imine (C=N–C) groups is 1. The van der Waals surface area contributed by atoms with E-state index in [9.17, 15) is 14.9 Å². The highest BCUT2D eigenvalue weighted by molar-refractivity contribution is 6.10. The number of para-hydroxylation sites is 1. The fourth-order valence-electron chi connectivity index (χ4n) is 3.00. The van der Waals surface area contributed by atoms with Crippen molar-refractivity contribution in [3.8, 4) is 0 Å². The van der Waals surface area contributed by atoms with Crippen LogP contribution in [0.3, 0.4) is 0 Å². The molecule has 7 heteroatoms. The number of amidine groups is 1. The van der Waals surface area contributed by atoms with Gasteiger partial charge in [0.25, 0.3) is 5.69 Å². The Balaban J connectivity index is 1.70. The molecule has 2 aromatic carbocycles. The maximum atomic E-state index is 12.6. The lowest BCUT2D eigenvalue weighted by Crippen LogP contribution is -2.36. The van der Waals surface area contributed by atoms with Crippen LogP contribution in [0, 0.1) is 10.1 Å². The van der Waals surface area contributed by atoms with Crippen molar-refractivity contribution in [2.45, 2.75) is 0 Å². The molecule has 7 nitrogen and oxygen atoms in total. The Morgan fingerprint density at radius 1 is 1.24 bits per heavy atom. The van der Waals surface area contributed by atoms with Gasteiger partial charge in [-0.15, -0.1) is 0 Å². The number of hydrogen-bond acceptors (Lipinski definition) is 6. The third-order valence-corrected chi connectivity index (χ3v) is 4.17. The van der Waals surface area contributed by atoms with Gasteiger partial charge in [-0.2, -0.15) is 0 Å². The van der Waals surface area contributed by atoms with Crippen LogP contribution >= 0.6 is 0 Å². The minimum Gasteiger partial charge on any atom is -0.341 e. The van der Waals surface area contributed by atoms with E-state index in [0.29, 0.717) is 18.9 Å². The summed E-state index contributed by atoms with van der Waals surface area (Å²) in [6, 6.07) is 13.5. The Morgan fingerprint density at radius 3 is 2.92 bits per heavy atom. The van der Waals surface area contributed by atoms with Crippen molar-refractivity contribution in [2.24, 2.45) is 4.99 Å². The molecule has 0 saturated carbocycles. The molecule has 0 amide bonds. The van der Waals surface area contributed by atoms with Crippen LogP contribution in [0.1, 0.15) is 15.9 Å². The summed E-state index contributed by atoms with van der Waals surface area (Å²) in [5.41, 5.74) is 2.06. The van der Waals surface area contributed by atoms with Gasteiger partial charge in [0.05, 0.1) is 17.2 Å². The van der Waals surface area contributed by atoms with Gasteiger partial charge in [-0.25, -0.2) is 0 Å². The van der Waals surface area contributed by atoms with Crippen molar-refractivity contribution >= 4 is 23.0 Å². The fraction of sp³-hybridized carbons (Fsp3) is 0.111. The molecule has 4 rings (SSSR count). The lowest BCUT2D eigenvalue weighted by Gasteiger charge is -2.31. The van der Waals surface area contributed by atoms with Gasteiger partial charge in [0.2, 0.25) is 0 Å². The van der Waals surface area contributed by atoms with Gasteiger partial charge in [0, 0.05) is 35.9 Å². The topological polar surface area (TPSA) is 87.8 Å². The molecule has 0 bridgehead atoms.